The summed E-state index contributed by atoms with van der Waals surface area (Å²) in [4.78, 5) is 9.05. The highest BCUT2D eigenvalue weighted by Crippen LogP contribution is 2.18. The molecule has 0 aliphatic carbocycles. The summed E-state index contributed by atoms with van der Waals surface area (Å²) < 4.78 is 4.25. The molecule has 0 amide bonds. The van der Waals surface area contributed by atoms with Crippen molar-refractivity contribution in [1.82, 2.24) is 24.3 Å². The number of rotatable bonds is 5. The zero-order valence-corrected chi connectivity index (χ0v) is 14.0. The number of pyridine rings is 2. The van der Waals surface area contributed by atoms with E-state index in [1.54, 1.807) is 0 Å². The monoisotopic (exact) mass is 319 g/mol. The lowest BCUT2D eigenvalue weighted by Gasteiger charge is -2.06. The van der Waals surface area contributed by atoms with E-state index in [1.165, 1.54) is 16.6 Å². The van der Waals surface area contributed by atoms with Crippen LogP contribution in [0.15, 0.2) is 48.9 Å². The average Bonchev–Trinajstić information content (AvgIpc) is 3.09. The van der Waals surface area contributed by atoms with E-state index >= 15 is 0 Å². The predicted octanol–water partition coefficient (Wildman–Crippen LogP) is 2.86. The fourth-order valence-corrected chi connectivity index (χ4v) is 3.30. The molecule has 4 rings (SSSR count). The first-order valence-corrected chi connectivity index (χ1v) is 8.26. The number of aromatic nitrogens is 4. The van der Waals surface area contributed by atoms with Gasteiger partial charge in [0, 0.05) is 37.6 Å². The third-order valence-corrected chi connectivity index (χ3v) is 4.51. The molecule has 0 radical (unpaired) electrons. The van der Waals surface area contributed by atoms with E-state index in [1.807, 2.05) is 37.5 Å². The Hall–Kier alpha value is -2.66. The molecular weight excluding hydrogens is 298 g/mol. The maximum Gasteiger partial charge on any atom is 0.139 e. The number of hydrogen-bond donors (Lipinski definition) is 1. The molecule has 0 bridgehead atoms. The van der Waals surface area contributed by atoms with Crippen LogP contribution in [0.1, 0.15) is 17.0 Å². The summed E-state index contributed by atoms with van der Waals surface area (Å²) in [6.45, 7) is 3.81. The molecule has 0 saturated carbocycles. The summed E-state index contributed by atoms with van der Waals surface area (Å²) in [5, 5.41) is 4.80. The van der Waals surface area contributed by atoms with Crippen molar-refractivity contribution < 1.29 is 0 Å². The van der Waals surface area contributed by atoms with Crippen molar-refractivity contribution in [3.05, 3.63) is 65.9 Å². The summed E-state index contributed by atoms with van der Waals surface area (Å²) >= 11 is 0. The van der Waals surface area contributed by atoms with Gasteiger partial charge >= 0.3 is 0 Å². The van der Waals surface area contributed by atoms with Crippen LogP contribution in [0, 0.1) is 6.92 Å². The SMILES string of the molecule is Cc1nc2ccccn2c1CNCCc1cn(C)c2ncccc12. The van der Waals surface area contributed by atoms with E-state index in [0.29, 0.717) is 0 Å². The van der Waals surface area contributed by atoms with Crippen LogP contribution in [0.4, 0.5) is 0 Å². The van der Waals surface area contributed by atoms with Crippen LogP contribution in [0.3, 0.4) is 0 Å². The van der Waals surface area contributed by atoms with E-state index < -0.39 is 0 Å². The smallest absolute Gasteiger partial charge is 0.139 e. The number of fused-ring (bicyclic) bond motifs is 2. The van der Waals surface area contributed by atoms with Crippen molar-refractivity contribution in [2.24, 2.45) is 7.05 Å². The molecule has 0 aliphatic heterocycles. The third kappa shape index (κ3) is 2.57. The number of hydrogen-bond acceptors (Lipinski definition) is 3. The van der Waals surface area contributed by atoms with Gasteiger partial charge in [-0.2, -0.15) is 0 Å². The molecule has 0 aliphatic rings. The van der Waals surface area contributed by atoms with Crippen molar-refractivity contribution in [2.75, 3.05) is 6.54 Å². The molecule has 0 unspecified atom stereocenters. The highest BCUT2D eigenvalue weighted by Gasteiger charge is 2.09. The molecule has 4 aromatic heterocycles. The van der Waals surface area contributed by atoms with Gasteiger partial charge in [0.1, 0.15) is 11.3 Å². The summed E-state index contributed by atoms with van der Waals surface area (Å²) in [5.41, 5.74) is 5.70. The molecule has 4 heterocycles. The maximum absolute atomic E-state index is 4.61. The minimum Gasteiger partial charge on any atom is -0.335 e. The zero-order valence-electron chi connectivity index (χ0n) is 14.0. The van der Waals surface area contributed by atoms with Gasteiger partial charge in [0.25, 0.3) is 0 Å². The average molecular weight is 319 g/mol. The van der Waals surface area contributed by atoms with E-state index in [-0.39, 0.29) is 0 Å². The highest BCUT2D eigenvalue weighted by molar-refractivity contribution is 5.80. The van der Waals surface area contributed by atoms with Gasteiger partial charge in [-0.1, -0.05) is 6.07 Å². The molecule has 0 spiro atoms. The molecule has 122 valence electrons. The second-order valence-electron chi connectivity index (χ2n) is 6.14. The quantitative estimate of drug-likeness (QED) is 0.575. The standard InChI is InChI=1S/C19H21N5/c1-14-17(24-11-4-3-7-18(24)22-14)12-20-10-8-15-13-23(2)19-16(15)6-5-9-21-19/h3-7,9,11,13,20H,8,10,12H2,1-2H3. The van der Waals surface area contributed by atoms with Gasteiger partial charge in [-0.3, -0.25) is 0 Å². The first-order chi connectivity index (χ1) is 11.7. The lowest BCUT2D eigenvalue weighted by molar-refractivity contribution is 0.668. The van der Waals surface area contributed by atoms with Crippen LogP contribution in [-0.2, 0) is 20.0 Å². The molecule has 1 N–H and O–H groups in total. The van der Waals surface area contributed by atoms with Crippen molar-refractivity contribution in [1.29, 1.82) is 0 Å². The van der Waals surface area contributed by atoms with Crippen LogP contribution >= 0.6 is 0 Å². The first kappa shape index (κ1) is 14.9. The number of aryl methyl sites for hydroxylation is 2. The van der Waals surface area contributed by atoms with Gasteiger partial charge in [0.05, 0.1) is 11.4 Å². The number of imidazole rings is 1. The van der Waals surface area contributed by atoms with Crippen LogP contribution < -0.4 is 5.32 Å². The normalized spacial score (nSPS) is 11.6. The van der Waals surface area contributed by atoms with Crippen molar-refractivity contribution in [3.63, 3.8) is 0 Å². The van der Waals surface area contributed by atoms with Gasteiger partial charge < -0.3 is 14.3 Å². The van der Waals surface area contributed by atoms with Crippen LogP contribution in [-0.4, -0.2) is 25.5 Å². The maximum atomic E-state index is 4.61. The third-order valence-electron chi connectivity index (χ3n) is 4.51. The minimum atomic E-state index is 0.819. The van der Waals surface area contributed by atoms with Gasteiger partial charge in [-0.25, -0.2) is 9.97 Å². The molecule has 0 fully saturated rings. The predicted molar refractivity (Wildman–Crippen MR) is 96.1 cm³/mol. The molecule has 4 aromatic rings. The van der Waals surface area contributed by atoms with Crippen molar-refractivity contribution in [3.8, 4) is 0 Å². The van der Waals surface area contributed by atoms with Gasteiger partial charge in [0.15, 0.2) is 0 Å². The van der Waals surface area contributed by atoms with E-state index in [4.69, 9.17) is 0 Å². The molecule has 24 heavy (non-hydrogen) atoms. The molecule has 0 aromatic carbocycles. The summed E-state index contributed by atoms with van der Waals surface area (Å²) in [7, 11) is 2.05. The Bertz CT molecular complexity index is 996. The number of nitrogens with one attached hydrogen (secondary N) is 1. The lowest BCUT2D eigenvalue weighted by atomic mass is 10.1. The van der Waals surface area contributed by atoms with Crippen molar-refractivity contribution in [2.45, 2.75) is 19.9 Å². The Morgan fingerprint density at radius 3 is 3.00 bits per heavy atom. The molecular formula is C19H21N5. The first-order valence-electron chi connectivity index (χ1n) is 8.26. The Morgan fingerprint density at radius 2 is 2.08 bits per heavy atom. The van der Waals surface area contributed by atoms with E-state index in [0.717, 1.165) is 36.5 Å². The van der Waals surface area contributed by atoms with Gasteiger partial charge in [-0.05, 0) is 49.7 Å². The summed E-state index contributed by atoms with van der Waals surface area (Å²) in [6.07, 6.45) is 7.08. The van der Waals surface area contributed by atoms with Crippen LogP contribution in [0.25, 0.3) is 16.7 Å². The topological polar surface area (TPSA) is 47.1 Å². The largest absolute Gasteiger partial charge is 0.335 e. The zero-order chi connectivity index (χ0) is 16.5. The Balaban J connectivity index is 1.45. The van der Waals surface area contributed by atoms with E-state index in [2.05, 4.69) is 49.6 Å². The fraction of sp³-hybridized carbons (Fsp3) is 0.263. The Kier molecular flexibility index (Phi) is 3.78. The lowest BCUT2D eigenvalue weighted by Crippen LogP contribution is -2.18. The summed E-state index contributed by atoms with van der Waals surface area (Å²) in [6, 6.07) is 10.3. The fourth-order valence-electron chi connectivity index (χ4n) is 3.30. The molecule has 0 saturated heterocycles. The van der Waals surface area contributed by atoms with Crippen LogP contribution in [0.5, 0.6) is 0 Å². The van der Waals surface area contributed by atoms with Gasteiger partial charge in [0.2, 0.25) is 0 Å². The molecule has 5 nitrogen and oxygen atoms in total. The summed E-state index contributed by atoms with van der Waals surface area (Å²) in [5.74, 6) is 0. The van der Waals surface area contributed by atoms with Crippen LogP contribution in [0.2, 0.25) is 0 Å². The van der Waals surface area contributed by atoms with Crippen molar-refractivity contribution >= 4 is 16.7 Å². The van der Waals surface area contributed by atoms with Gasteiger partial charge in [-0.15, -0.1) is 0 Å². The Morgan fingerprint density at radius 1 is 1.17 bits per heavy atom. The van der Waals surface area contributed by atoms with E-state index in [9.17, 15) is 0 Å². The molecule has 0 atom stereocenters. The number of nitrogens with zero attached hydrogens (tertiary/aromatic N) is 4. The Labute approximate surface area is 141 Å². The second kappa shape index (κ2) is 6.09. The molecule has 5 heteroatoms. The highest BCUT2D eigenvalue weighted by atomic mass is 15.0. The second-order valence-corrected chi connectivity index (χ2v) is 6.14. The minimum absolute atomic E-state index is 0.819.